The van der Waals surface area contributed by atoms with Gasteiger partial charge in [0.1, 0.15) is 24.0 Å². The standard InChI is InChI=1S/C56H97NO12Si2/c1-20-23-41-29-35(2)28-36(3)30-47(64-14)50-48(65-15)32-38(5)56(62,67-50)51(59)52(60)57-27-22-21-24-42(57)53(61)66-49(39(6)45(34-43(41)58)69-71(18,19)55(10,11)12)37(4)31-40-25-26-44(46(33-40)63-13)68-70(16,17)54(7,8)9/h20,29,31,36,38-42,44-50,62H,1,21-28,30,32-34H2,2-19H3/b35-29-,37-31+/t36-,38-,39-,40+,41+,42+,44-,45+,46-,47-,48-,49-,50-,56-/m1/s1/i1+1D2. The van der Waals surface area contributed by atoms with Gasteiger partial charge in [-0.15, -0.1) is 6.53 Å². The van der Waals surface area contributed by atoms with Crippen LogP contribution >= 0.6 is 0 Å². The summed E-state index contributed by atoms with van der Waals surface area (Å²) in [5.74, 6) is -7.64. The van der Waals surface area contributed by atoms with Crippen molar-refractivity contribution in [3.05, 3.63) is 35.9 Å². The maximum absolute atomic E-state index is 15.1. The van der Waals surface area contributed by atoms with E-state index in [1.54, 1.807) is 14.0 Å². The maximum Gasteiger partial charge on any atom is 0.329 e. The Kier molecular flexibility index (Phi) is 20.4. The van der Waals surface area contributed by atoms with Crippen molar-refractivity contribution >= 4 is 40.1 Å². The third kappa shape index (κ3) is 15.0. The summed E-state index contributed by atoms with van der Waals surface area (Å²) in [5.41, 5.74) is 1.69. The molecule has 0 aromatic heterocycles. The number of fused-ring (bicyclic) bond motifs is 3. The molecule has 14 atom stereocenters. The van der Waals surface area contributed by atoms with Crippen molar-refractivity contribution in [2.24, 2.45) is 29.6 Å². The summed E-state index contributed by atoms with van der Waals surface area (Å²) >= 11 is 0. The fraction of sp³-hybridized carbons (Fsp3) is 0.821. The number of cyclic esters (lactones) is 1. The van der Waals surface area contributed by atoms with Crippen LogP contribution in [-0.2, 0) is 51.7 Å². The molecule has 4 aliphatic rings. The lowest BCUT2D eigenvalue weighted by Crippen LogP contribution is -2.64. The van der Waals surface area contributed by atoms with Crippen LogP contribution in [0.25, 0.3) is 0 Å². The topological polar surface area (TPSA) is 156 Å². The van der Waals surface area contributed by atoms with Crippen LogP contribution in [0.4, 0.5) is 0 Å². The summed E-state index contributed by atoms with van der Waals surface area (Å²) in [7, 11) is 0.0541. The number of nitrogens with zero attached hydrogens (tertiary/aromatic N) is 1. The van der Waals surface area contributed by atoms with E-state index in [0.29, 0.717) is 32.1 Å². The largest absolute Gasteiger partial charge is 0.456 e. The number of hydrogen-bond acceptors (Lipinski definition) is 12. The van der Waals surface area contributed by atoms with E-state index in [1.165, 1.54) is 25.2 Å². The summed E-state index contributed by atoms with van der Waals surface area (Å²) in [5, 5.41) is 12.1. The zero-order valence-corrected chi connectivity index (χ0v) is 49.1. The Hall–Kier alpha value is -2.35. The molecule has 0 spiro atoms. The van der Waals surface area contributed by atoms with E-state index in [9.17, 15) is 14.7 Å². The smallest absolute Gasteiger partial charge is 0.329 e. The van der Waals surface area contributed by atoms with Gasteiger partial charge >= 0.3 is 5.97 Å². The fourth-order valence-electron chi connectivity index (χ4n) is 10.7. The summed E-state index contributed by atoms with van der Waals surface area (Å²) in [4.78, 5) is 60.6. The average molecular weight is 1040 g/mol. The number of carbonyl (C=O) groups excluding carboxylic acids is 4. The van der Waals surface area contributed by atoms with Crippen molar-refractivity contribution in [3.63, 3.8) is 0 Å². The molecule has 3 aliphatic heterocycles. The molecule has 0 radical (unpaired) electrons. The van der Waals surface area contributed by atoms with Crippen molar-refractivity contribution in [1.29, 1.82) is 0 Å². The van der Waals surface area contributed by atoms with Gasteiger partial charge in [0.15, 0.2) is 16.6 Å². The van der Waals surface area contributed by atoms with Gasteiger partial charge in [-0.3, -0.25) is 14.4 Å². The Bertz CT molecular complexity index is 1990. The molecule has 3 fully saturated rings. The van der Waals surface area contributed by atoms with Gasteiger partial charge < -0.3 is 42.5 Å². The molecule has 2 saturated heterocycles. The van der Waals surface area contributed by atoms with Gasteiger partial charge in [-0.1, -0.05) is 86.1 Å². The highest BCUT2D eigenvalue weighted by Crippen LogP contribution is 2.44. The number of rotatable bonds is 11. The summed E-state index contributed by atoms with van der Waals surface area (Å²) in [6.07, 6.45) is 6.46. The number of Topliss-reactive ketones (excluding diaryl/α,β-unsaturated/α-hetero) is 2. The SMILES string of the molecule is [2H][13C]([2H])=CC[C@H]1/C=C(/C)C[C@@H](C)C[C@@H](OC)[C@H]2O[C@@](O)(C(=O)C(=O)N3CCCC[C@H]3C(=O)O[C@H](/C(C)=C/[C@@H]3CC[C@@H](O[Si](C)(C)C(C)(C)C)[C@H](OC)C3)[C@H](C)[C@@H](O[Si](C)(C)C(C)(C)C)CC1=O)[C@H](C)C[C@H]2OC. The summed E-state index contributed by atoms with van der Waals surface area (Å²) < 4.78 is 61.3. The molecule has 15 heteroatoms. The highest BCUT2D eigenvalue weighted by atomic mass is 28.4. The van der Waals surface area contributed by atoms with Crippen molar-refractivity contribution in [1.82, 2.24) is 4.90 Å². The Morgan fingerprint density at radius 3 is 2.01 bits per heavy atom. The lowest BCUT2D eigenvalue weighted by atomic mass is 9.81. The predicted molar refractivity (Wildman–Crippen MR) is 285 cm³/mol. The molecule has 2 bridgehead atoms. The van der Waals surface area contributed by atoms with Crippen LogP contribution in [0.1, 0.15) is 150 Å². The van der Waals surface area contributed by atoms with Gasteiger partial charge in [0.25, 0.3) is 11.7 Å². The van der Waals surface area contributed by atoms with Gasteiger partial charge in [0.2, 0.25) is 5.79 Å². The molecule has 1 amide bonds. The zero-order chi connectivity index (χ0) is 55.2. The predicted octanol–water partition coefficient (Wildman–Crippen LogP) is 10.7. The number of hydrogen-bond donors (Lipinski definition) is 1. The molecule has 1 saturated carbocycles. The monoisotopic (exact) mass is 1030 g/mol. The first-order valence-corrected chi connectivity index (χ1v) is 32.4. The summed E-state index contributed by atoms with van der Waals surface area (Å²) in [6, 6.07) is -1.14. The molecule has 4 rings (SSSR count). The van der Waals surface area contributed by atoms with E-state index in [4.69, 9.17) is 35.3 Å². The maximum atomic E-state index is 15.1. The van der Waals surface area contributed by atoms with Crippen molar-refractivity contribution in [2.45, 2.75) is 238 Å². The van der Waals surface area contributed by atoms with Crippen LogP contribution in [0.5, 0.6) is 0 Å². The number of esters is 1. The van der Waals surface area contributed by atoms with E-state index in [-0.39, 0.29) is 78.7 Å². The third-order valence-corrected chi connectivity index (χ3v) is 26.3. The number of amides is 1. The molecule has 0 unspecified atom stereocenters. The van der Waals surface area contributed by atoms with Crippen molar-refractivity contribution < 1.29 is 59.6 Å². The number of ether oxygens (including phenoxy) is 5. The molecule has 3 heterocycles. The van der Waals surface area contributed by atoms with Gasteiger partial charge in [0, 0.05) is 52.0 Å². The normalized spacial score (nSPS) is 36.6. The van der Waals surface area contributed by atoms with E-state index < -0.39 is 94.4 Å². The number of methoxy groups -OCH3 is 3. The molecule has 1 aliphatic carbocycles. The van der Waals surface area contributed by atoms with Gasteiger partial charge in [-0.05, 0) is 132 Å². The first-order chi connectivity index (χ1) is 33.7. The van der Waals surface area contributed by atoms with Gasteiger partial charge in [-0.25, -0.2) is 4.79 Å². The average Bonchev–Trinajstić information content (AvgIpc) is 3.30. The zero-order valence-electron chi connectivity index (χ0n) is 49.1. The Balaban J connectivity index is 1.92. The second-order valence-corrected chi connectivity index (χ2v) is 34.4. The van der Waals surface area contributed by atoms with Crippen LogP contribution in [0.2, 0.25) is 36.3 Å². The minimum atomic E-state index is -2.63. The molecular formula is C56H97NO12Si2. The number of piperidine rings is 1. The minimum Gasteiger partial charge on any atom is -0.456 e. The Labute approximate surface area is 434 Å². The van der Waals surface area contributed by atoms with E-state index in [0.717, 1.165) is 24.0 Å². The Morgan fingerprint density at radius 1 is 0.845 bits per heavy atom. The van der Waals surface area contributed by atoms with Crippen LogP contribution in [0, 0.1) is 29.6 Å². The van der Waals surface area contributed by atoms with Crippen LogP contribution in [0.3, 0.4) is 0 Å². The highest BCUT2D eigenvalue weighted by molar-refractivity contribution is 6.74. The number of ketones is 2. The minimum absolute atomic E-state index is 0.0255. The Morgan fingerprint density at radius 2 is 1.44 bits per heavy atom. The van der Waals surface area contributed by atoms with Crippen molar-refractivity contribution in [2.75, 3.05) is 27.9 Å². The molecule has 0 aromatic rings. The molecule has 1 N–H and O–H groups in total. The second kappa shape index (κ2) is 25.0. The number of carbonyl (C=O) groups is 4. The molecule has 0 aromatic carbocycles. The molecule has 71 heavy (non-hydrogen) atoms. The highest BCUT2D eigenvalue weighted by Gasteiger charge is 2.57. The lowest BCUT2D eigenvalue weighted by molar-refractivity contribution is -0.302. The first kappa shape index (κ1) is 57.9. The summed E-state index contributed by atoms with van der Waals surface area (Å²) in [6.45, 7) is 31.2. The van der Waals surface area contributed by atoms with Crippen molar-refractivity contribution in [3.8, 4) is 0 Å². The second-order valence-electron chi connectivity index (χ2n) is 24.9. The first-order valence-electron chi connectivity index (χ1n) is 27.6. The quantitative estimate of drug-likeness (QED) is 0.0688. The number of aliphatic hydroxyl groups is 1. The third-order valence-electron chi connectivity index (χ3n) is 17.3. The van der Waals surface area contributed by atoms with Crippen LogP contribution in [0.15, 0.2) is 35.9 Å². The van der Waals surface area contributed by atoms with E-state index in [2.05, 4.69) is 73.8 Å². The molecule has 406 valence electrons. The van der Waals surface area contributed by atoms with Gasteiger partial charge in [-0.2, -0.15) is 0 Å². The molecular weight excluding hydrogens is 936 g/mol. The molecule has 13 nitrogen and oxygen atoms in total. The van der Waals surface area contributed by atoms with E-state index in [1.807, 2.05) is 33.8 Å². The fourth-order valence-corrected chi connectivity index (χ4v) is 13.5. The van der Waals surface area contributed by atoms with Crippen LogP contribution in [-0.4, -0.2) is 133 Å². The number of allylic oxidation sites excluding steroid dienone is 4. The van der Waals surface area contributed by atoms with Gasteiger partial charge in [0.05, 0.1) is 33.3 Å². The lowest BCUT2D eigenvalue weighted by Gasteiger charge is -2.47. The van der Waals surface area contributed by atoms with E-state index >= 15 is 9.59 Å². The van der Waals surface area contributed by atoms with Crippen LogP contribution < -0.4 is 0 Å².